The fourth-order valence-electron chi connectivity index (χ4n) is 1.67. The van der Waals surface area contributed by atoms with Crippen molar-refractivity contribution in [2.45, 2.75) is 26.5 Å². The first-order chi connectivity index (χ1) is 9.61. The molecule has 2 aromatic rings. The summed E-state index contributed by atoms with van der Waals surface area (Å²) in [5.74, 6) is 1.60. The summed E-state index contributed by atoms with van der Waals surface area (Å²) < 4.78 is 14.9. The molecule has 2 heterocycles. The van der Waals surface area contributed by atoms with E-state index < -0.39 is 0 Å². The first-order valence-electron chi connectivity index (χ1n) is 6.25. The zero-order chi connectivity index (χ0) is 14.5. The molecule has 0 spiro atoms. The van der Waals surface area contributed by atoms with Crippen LogP contribution in [-0.2, 0) is 6.54 Å². The number of hydrogen-bond acceptors (Lipinski definition) is 7. The zero-order valence-corrected chi connectivity index (χ0v) is 12.5. The van der Waals surface area contributed by atoms with Crippen LogP contribution < -0.4 is 20.5 Å². The van der Waals surface area contributed by atoms with Gasteiger partial charge in [-0.15, -0.1) is 0 Å². The summed E-state index contributed by atoms with van der Waals surface area (Å²) in [5, 5.41) is 4.04. The summed E-state index contributed by atoms with van der Waals surface area (Å²) in [6, 6.07) is 3.84. The van der Waals surface area contributed by atoms with E-state index in [4.69, 9.17) is 15.2 Å². The van der Waals surface area contributed by atoms with Crippen molar-refractivity contribution in [3.05, 3.63) is 23.9 Å². The molecule has 0 atom stereocenters. The number of aromatic nitrogens is 2. The Hall–Kier alpha value is -2.02. The second-order valence-electron chi connectivity index (χ2n) is 4.42. The number of rotatable bonds is 6. The van der Waals surface area contributed by atoms with E-state index in [0.29, 0.717) is 24.0 Å². The Morgan fingerprint density at radius 1 is 1.45 bits per heavy atom. The molecule has 0 aliphatic carbocycles. The van der Waals surface area contributed by atoms with Crippen LogP contribution in [0.5, 0.6) is 11.6 Å². The normalized spacial score (nSPS) is 10.6. The zero-order valence-electron chi connectivity index (χ0n) is 11.7. The van der Waals surface area contributed by atoms with Crippen molar-refractivity contribution in [1.82, 2.24) is 9.36 Å². The van der Waals surface area contributed by atoms with E-state index in [2.05, 4.69) is 14.7 Å². The Morgan fingerprint density at radius 2 is 2.25 bits per heavy atom. The third-order valence-electron chi connectivity index (χ3n) is 2.51. The molecule has 108 valence electrons. The van der Waals surface area contributed by atoms with Gasteiger partial charge in [-0.05, 0) is 31.4 Å². The molecule has 0 aliphatic heterocycles. The van der Waals surface area contributed by atoms with Crippen LogP contribution >= 0.6 is 11.5 Å². The summed E-state index contributed by atoms with van der Waals surface area (Å²) in [7, 11) is 1.57. The van der Waals surface area contributed by atoms with E-state index in [0.717, 1.165) is 10.6 Å². The molecule has 0 fully saturated rings. The molecule has 0 bridgehead atoms. The highest BCUT2D eigenvalue weighted by atomic mass is 32.1. The number of hydrogen-bond donors (Lipinski definition) is 2. The molecule has 3 N–H and O–H groups in total. The monoisotopic (exact) mass is 294 g/mol. The predicted octanol–water partition coefficient (Wildman–Crippen LogP) is 2.53. The Kier molecular flexibility index (Phi) is 4.62. The Morgan fingerprint density at radius 3 is 2.95 bits per heavy atom. The smallest absolute Gasteiger partial charge is 0.218 e. The average Bonchev–Trinajstić information content (AvgIpc) is 2.77. The molecule has 0 unspecified atom stereocenters. The third kappa shape index (κ3) is 3.30. The van der Waals surface area contributed by atoms with Gasteiger partial charge in [0.2, 0.25) is 5.88 Å². The van der Waals surface area contributed by atoms with E-state index in [9.17, 15) is 0 Å². The van der Waals surface area contributed by atoms with Crippen molar-refractivity contribution >= 4 is 22.4 Å². The third-order valence-corrected chi connectivity index (χ3v) is 3.32. The van der Waals surface area contributed by atoms with Crippen molar-refractivity contribution in [3.63, 3.8) is 0 Å². The molecule has 6 nitrogen and oxygen atoms in total. The van der Waals surface area contributed by atoms with Gasteiger partial charge >= 0.3 is 0 Å². The second kappa shape index (κ2) is 6.42. The van der Waals surface area contributed by atoms with Crippen molar-refractivity contribution in [3.8, 4) is 11.6 Å². The lowest BCUT2D eigenvalue weighted by atomic mass is 10.2. The van der Waals surface area contributed by atoms with E-state index in [-0.39, 0.29) is 6.10 Å². The lowest BCUT2D eigenvalue weighted by molar-refractivity contribution is 0.230. The number of nitrogen functional groups attached to an aromatic ring is 1. The van der Waals surface area contributed by atoms with Crippen LogP contribution in [-0.4, -0.2) is 22.6 Å². The minimum absolute atomic E-state index is 0.0808. The minimum atomic E-state index is 0.0808. The van der Waals surface area contributed by atoms with Crippen LogP contribution in [0.4, 0.5) is 10.8 Å². The van der Waals surface area contributed by atoms with Gasteiger partial charge in [-0.2, -0.15) is 4.37 Å². The topological polar surface area (TPSA) is 82.3 Å². The number of ether oxygens (including phenoxy) is 2. The number of methoxy groups -OCH3 is 1. The first-order valence-corrected chi connectivity index (χ1v) is 7.02. The highest BCUT2D eigenvalue weighted by molar-refractivity contribution is 7.11. The molecule has 0 radical (unpaired) electrons. The largest absolute Gasteiger partial charge is 0.490 e. The maximum Gasteiger partial charge on any atom is 0.218 e. The van der Waals surface area contributed by atoms with E-state index in [1.54, 1.807) is 13.3 Å². The molecular formula is C13H18N4O2S. The van der Waals surface area contributed by atoms with Crippen LogP contribution in [0.3, 0.4) is 0 Å². The highest BCUT2D eigenvalue weighted by Gasteiger charge is 2.13. The number of nitrogens with one attached hydrogen (secondary N) is 1. The van der Waals surface area contributed by atoms with Crippen LogP contribution in [0.15, 0.2) is 18.3 Å². The molecule has 20 heavy (non-hydrogen) atoms. The fourth-order valence-corrected chi connectivity index (χ4v) is 2.35. The van der Waals surface area contributed by atoms with Gasteiger partial charge in [-0.1, -0.05) is 6.07 Å². The predicted molar refractivity (Wildman–Crippen MR) is 80.4 cm³/mol. The summed E-state index contributed by atoms with van der Waals surface area (Å²) >= 11 is 1.27. The van der Waals surface area contributed by atoms with Gasteiger partial charge in [0.1, 0.15) is 0 Å². The number of nitrogens with two attached hydrogens (primary N) is 1. The average molecular weight is 294 g/mol. The van der Waals surface area contributed by atoms with Gasteiger partial charge in [0.15, 0.2) is 16.6 Å². The van der Waals surface area contributed by atoms with Crippen LogP contribution in [0, 0.1) is 0 Å². The van der Waals surface area contributed by atoms with Gasteiger partial charge in [0, 0.05) is 18.3 Å². The maximum atomic E-state index is 5.71. The van der Waals surface area contributed by atoms with Crippen LogP contribution in [0.1, 0.15) is 19.4 Å². The van der Waals surface area contributed by atoms with E-state index in [1.807, 2.05) is 26.0 Å². The van der Waals surface area contributed by atoms with Gasteiger partial charge in [-0.25, -0.2) is 4.98 Å². The van der Waals surface area contributed by atoms with Crippen LogP contribution in [0.25, 0.3) is 0 Å². The van der Waals surface area contributed by atoms with E-state index >= 15 is 0 Å². The highest BCUT2D eigenvalue weighted by Crippen LogP contribution is 2.35. The SMILES string of the molecule is COc1c(N)nsc1NCc1cccnc1OC(C)C. The molecule has 2 aromatic heterocycles. The van der Waals surface area contributed by atoms with Crippen molar-refractivity contribution in [1.29, 1.82) is 0 Å². The van der Waals surface area contributed by atoms with Crippen molar-refractivity contribution < 1.29 is 9.47 Å². The van der Waals surface area contributed by atoms with Gasteiger partial charge < -0.3 is 20.5 Å². The Labute approximate surface area is 122 Å². The molecule has 0 aliphatic rings. The lowest BCUT2D eigenvalue weighted by Gasteiger charge is -2.13. The summed E-state index contributed by atoms with van der Waals surface area (Å²) in [5.41, 5.74) is 6.68. The summed E-state index contributed by atoms with van der Waals surface area (Å²) in [6.45, 7) is 4.51. The Balaban J connectivity index is 2.10. The van der Waals surface area contributed by atoms with E-state index in [1.165, 1.54) is 11.5 Å². The van der Waals surface area contributed by atoms with Gasteiger partial charge in [0.25, 0.3) is 0 Å². The molecule has 7 heteroatoms. The molecular weight excluding hydrogens is 276 g/mol. The lowest BCUT2D eigenvalue weighted by Crippen LogP contribution is -2.10. The first kappa shape index (κ1) is 14.4. The number of nitrogens with zero attached hydrogens (tertiary/aromatic N) is 2. The van der Waals surface area contributed by atoms with Crippen molar-refractivity contribution in [2.75, 3.05) is 18.2 Å². The standard InChI is InChI=1S/C13H18N4O2S/c1-8(2)19-12-9(5-4-6-15-12)7-16-13-10(18-3)11(14)17-20-13/h4-6,8,16H,7H2,1-3H3,(H2,14,17). The quantitative estimate of drug-likeness (QED) is 0.852. The Bertz CT molecular complexity index is 571. The molecule has 0 aromatic carbocycles. The number of anilines is 2. The van der Waals surface area contributed by atoms with Crippen molar-refractivity contribution in [2.24, 2.45) is 0 Å². The molecule has 0 saturated heterocycles. The number of pyridine rings is 1. The minimum Gasteiger partial charge on any atom is -0.490 e. The molecule has 2 rings (SSSR count). The maximum absolute atomic E-state index is 5.71. The molecule has 0 saturated carbocycles. The second-order valence-corrected chi connectivity index (χ2v) is 5.19. The summed E-state index contributed by atoms with van der Waals surface area (Å²) in [4.78, 5) is 4.25. The fraction of sp³-hybridized carbons (Fsp3) is 0.385. The van der Waals surface area contributed by atoms with Gasteiger partial charge in [0.05, 0.1) is 13.2 Å². The molecule has 0 amide bonds. The summed E-state index contributed by atoms with van der Waals surface area (Å²) in [6.07, 6.45) is 1.80. The van der Waals surface area contributed by atoms with Crippen LogP contribution in [0.2, 0.25) is 0 Å². The van der Waals surface area contributed by atoms with Gasteiger partial charge in [-0.3, -0.25) is 0 Å².